The van der Waals surface area contributed by atoms with Crippen molar-refractivity contribution in [1.82, 2.24) is 10.6 Å². The fraction of sp³-hybridized carbons (Fsp3) is 0.333. The first kappa shape index (κ1) is 19.5. The molecule has 2 rings (SSSR count). The summed E-state index contributed by atoms with van der Waals surface area (Å²) in [6.45, 7) is 4.62. The van der Waals surface area contributed by atoms with Crippen molar-refractivity contribution in [3.63, 3.8) is 0 Å². The maximum Gasteiger partial charge on any atom is 0.408 e. The molecular weight excluding hydrogens is 328 g/mol. The summed E-state index contributed by atoms with van der Waals surface area (Å²) < 4.78 is 5.22. The molecule has 0 aromatic heterocycles. The molecule has 2 amide bonds. The largest absolute Gasteiger partial charge is 0.445 e. The van der Waals surface area contributed by atoms with Gasteiger partial charge in [0.1, 0.15) is 12.6 Å². The minimum atomic E-state index is -0.623. The number of alkyl carbamates (subject to hydrolysis) is 1. The minimum absolute atomic E-state index is 0.173. The van der Waals surface area contributed by atoms with Crippen LogP contribution in [-0.2, 0) is 22.7 Å². The number of hydrogen-bond acceptors (Lipinski definition) is 3. The smallest absolute Gasteiger partial charge is 0.408 e. The van der Waals surface area contributed by atoms with E-state index in [-0.39, 0.29) is 18.4 Å². The van der Waals surface area contributed by atoms with Crippen molar-refractivity contribution in [2.75, 3.05) is 0 Å². The third kappa shape index (κ3) is 6.97. The van der Waals surface area contributed by atoms with E-state index in [1.807, 2.05) is 74.5 Å². The fourth-order valence-corrected chi connectivity index (χ4v) is 2.52. The molecule has 0 heterocycles. The summed E-state index contributed by atoms with van der Waals surface area (Å²) in [7, 11) is 0. The number of carbonyl (C=O) groups is 2. The van der Waals surface area contributed by atoms with Gasteiger partial charge in [-0.1, -0.05) is 74.5 Å². The summed E-state index contributed by atoms with van der Waals surface area (Å²) in [5.41, 5.74) is 1.91. The van der Waals surface area contributed by atoms with Gasteiger partial charge in [0.05, 0.1) is 0 Å². The lowest BCUT2D eigenvalue weighted by molar-refractivity contribution is -0.123. The second-order valence-electron chi connectivity index (χ2n) is 6.59. The maximum atomic E-state index is 12.5. The van der Waals surface area contributed by atoms with Crippen molar-refractivity contribution in [3.05, 3.63) is 71.8 Å². The highest BCUT2D eigenvalue weighted by molar-refractivity contribution is 5.85. The van der Waals surface area contributed by atoms with Gasteiger partial charge in [-0.2, -0.15) is 0 Å². The van der Waals surface area contributed by atoms with Gasteiger partial charge in [0.25, 0.3) is 0 Å². The highest BCUT2D eigenvalue weighted by Crippen LogP contribution is 2.07. The molecule has 0 unspecified atom stereocenters. The number of benzene rings is 2. The van der Waals surface area contributed by atoms with Gasteiger partial charge in [0.15, 0.2) is 0 Å². The Hall–Kier alpha value is -2.82. The van der Waals surface area contributed by atoms with Gasteiger partial charge in [-0.15, -0.1) is 0 Å². The average Bonchev–Trinajstić information content (AvgIpc) is 2.65. The second kappa shape index (κ2) is 10.2. The van der Waals surface area contributed by atoms with Gasteiger partial charge in [-0.25, -0.2) is 4.79 Å². The molecule has 0 fully saturated rings. The third-order valence-electron chi connectivity index (χ3n) is 3.84. The molecule has 0 aliphatic carbocycles. The van der Waals surface area contributed by atoms with E-state index in [4.69, 9.17) is 4.74 Å². The summed E-state index contributed by atoms with van der Waals surface area (Å²) in [5.74, 6) is 0.0520. The lowest BCUT2D eigenvalue weighted by Crippen LogP contribution is -2.47. The summed E-state index contributed by atoms with van der Waals surface area (Å²) in [6, 6.07) is 18.5. The fourth-order valence-electron chi connectivity index (χ4n) is 2.52. The molecule has 1 atom stereocenters. The van der Waals surface area contributed by atoms with Gasteiger partial charge in [0.2, 0.25) is 5.91 Å². The molecule has 2 aromatic carbocycles. The van der Waals surface area contributed by atoms with Crippen LogP contribution in [0.3, 0.4) is 0 Å². The standard InChI is InChI=1S/C21H26N2O3/c1-16(2)13-19(20(24)22-14-17-9-5-3-6-10-17)23-21(25)26-15-18-11-7-4-8-12-18/h3-12,16,19H,13-15H2,1-2H3,(H,22,24)(H,23,25)/t19-/m1/s1. The zero-order valence-electron chi connectivity index (χ0n) is 15.3. The summed E-state index contributed by atoms with van der Waals surface area (Å²) in [6.07, 6.45) is -0.0458. The highest BCUT2D eigenvalue weighted by Gasteiger charge is 2.22. The monoisotopic (exact) mass is 354 g/mol. The molecule has 0 saturated heterocycles. The Morgan fingerprint density at radius 3 is 2.08 bits per heavy atom. The van der Waals surface area contributed by atoms with E-state index in [1.165, 1.54) is 0 Å². The van der Waals surface area contributed by atoms with Crippen molar-refractivity contribution < 1.29 is 14.3 Å². The zero-order valence-corrected chi connectivity index (χ0v) is 15.3. The Morgan fingerprint density at radius 2 is 1.50 bits per heavy atom. The molecule has 5 heteroatoms. The molecule has 0 spiro atoms. The van der Waals surface area contributed by atoms with Crippen LogP contribution in [0.4, 0.5) is 4.79 Å². The van der Waals surface area contributed by atoms with Gasteiger partial charge in [0, 0.05) is 6.54 Å². The normalized spacial score (nSPS) is 11.7. The van der Waals surface area contributed by atoms with E-state index in [0.29, 0.717) is 13.0 Å². The first-order chi connectivity index (χ1) is 12.5. The first-order valence-electron chi connectivity index (χ1n) is 8.83. The number of rotatable bonds is 8. The van der Waals surface area contributed by atoms with Crippen molar-refractivity contribution in [3.8, 4) is 0 Å². The lowest BCUT2D eigenvalue weighted by Gasteiger charge is -2.20. The minimum Gasteiger partial charge on any atom is -0.445 e. The second-order valence-corrected chi connectivity index (χ2v) is 6.59. The number of carbonyl (C=O) groups excluding carboxylic acids is 2. The number of hydrogen-bond donors (Lipinski definition) is 2. The van der Waals surface area contributed by atoms with Gasteiger partial charge in [-0.05, 0) is 23.5 Å². The molecule has 138 valence electrons. The number of amides is 2. The van der Waals surface area contributed by atoms with Gasteiger partial charge < -0.3 is 15.4 Å². The molecule has 0 aliphatic rings. The van der Waals surface area contributed by atoms with Crippen LogP contribution in [0.25, 0.3) is 0 Å². The van der Waals surface area contributed by atoms with Crippen LogP contribution in [0.5, 0.6) is 0 Å². The van der Waals surface area contributed by atoms with E-state index in [9.17, 15) is 9.59 Å². The highest BCUT2D eigenvalue weighted by atomic mass is 16.5. The molecular formula is C21H26N2O3. The van der Waals surface area contributed by atoms with Gasteiger partial charge in [-0.3, -0.25) is 4.79 Å². The number of ether oxygens (including phenoxy) is 1. The van der Waals surface area contributed by atoms with E-state index >= 15 is 0 Å². The third-order valence-corrected chi connectivity index (χ3v) is 3.84. The van der Waals surface area contributed by atoms with Crippen LogP contribution in [0, 0.1) is 5.92 Å². The van der Waals surface area contributed by atoms with Crippen LogP contribution in [0.15, 0.2) is 60.7 Å². The molecule has 0 saturated carbocycles. The zero-order chi connectivity index (χ0) is 18.8. The lowest BCUT2D eigenvalue weighted by atomic mass is 10.0. The van der Waals surface area contributed by atoms with Crippen molar-refractivity contribution in [2.24, 2.45) is 5.92 Å². The Bertz CT molecular complexity index is 687. The first-order valence-corrected chi connectivity index (χ1v) is 8.83. The molecule has 5 nitrogen and oxygen atoms in total. The van der Waals surface area contributed by atoms with Crippen molar-refractivity contribution in [1.29, 1.82) is 0 Å². The van der Waals surface area contributed by atoms with E-state index in [2.05, 4.69) is 10.6 Å². The molecule has 2 N–H and O–H groups in total. The van der Waals surface area contributed by atoms with Crippen LogP contribution < -0.4 is 10.6 Å². The molecule has 26 heavy (non-hydrogen) atoms. The molecule has 0 bridgehead atoms. The van der Waals surface area contributed by atoms with Crippen LogP contribution in [-0.4, -0.2) is 18.0 Å². The molecule has 0 aliphatic heterocycles. The topological polar surface area (TPSA) is 67.4 Å². The molecule has 0 radical (unpaired) electrons. The van der Waals surface area contributed by atoms with E-state index in [0.717, 1.165) is 11.1 Å². The number of nitrogens with one attached hydrogen (secondary N) is 2. The Balaban J connectivity index is 1.86. The Labute approximate surface area is 154 Å². The Kier molecular flexibility index (Phi) is 7.68. The predicted molar refractivity (Wildman–Crippen MR) is 101 cm³/mol. The summed E-state index contributed by atoms with van der Waals surface area (Å²) >= 11 is 0. The van der Waals surface area contributed by atoms with Crippen molar-refractivity contribution >= 4 is 12.0 Å². The summed E-state index contributed by atoms with van der Waals surface area (Å²) in [5, 5.41) is 5.56. The van der Waals surface area contributed by atoms with Crippen LogP contribution in [0.1, 0.15) is 31.4 Å². The van der Waals surface area contributed by atoms with Gasteiger partial charge >= 0.3 is 6.09 Å². The van der Waals surface area contributed by atoms with E-state index < -0.39 is 12.1 Å². The van der Waals surface area contributed by atoms with Crippen LogP contribution >= 0.6 is 0 Å². The maximum absolute atomic E-state index is 12.5. The SMILES string of the molecule is CC(C)C[C@@H](NC(=O)OCc1ccccc1)C(=O)NCc1ccccc1. The quantitative estimate of drug-likeness (QED) is 0.760. The van der Waals surface area contributed by atoms with Crippen LogP contribution in [0.2, 0.25) is 0 Å². The average molecular weight is 354 g/mol. The van der Waals surface area contributed by atoms with E-state index in [1.54, 1.807) is 0 Å². The predicted octanol–water partition coefficient (Wildman–Crippen LogP) is 3.64. The Morgan fingerprint density at radius 1 is 0.923 bits per heavy atom. The van der Waals surface area contributed by atoms with Crippen molar-refractivity contribution in [2.45, 2.75) is 39.5 Å². The summed E-state index contributed by atoms with van der Waals surface area (Å²) in [4.78, 5) is 24.6. The molecule has 2 aromatic rings.